The molecule has 2 unspecified atom stereocenters. The largest absolute Gasteiger partial charge is 0.388 e. The molecule has 0 radical (unpaired) electrons. The van der Waals surface area contributed by atoms with Crippen LogP contribution in [0.4, 0.5) is 0 Å². The van der Waals surface area contributed by atoms with Gasteiger partial charge < -0.3 is 5.11 Å². The minimum Gasteiger partial charge on any atom is -0.388 e. The van der Waals surface area contributed by atoms with E-state index in [4.69, 9.17) is 0 Å². The molecule has 2 heteroatoms. The topological polar surface area (TPSA) is 20.2 Å². The second kappa shape index (κ2) is 8.82. The van der Waals surface area contributed by atoms with Crippen molar-refractivity contribution in [3.8, 4) is 11.1 Å². The quantitative estimate of drug-likeness (QED) is 0.329. The monoisotopic (exact) mass is 468 g/mol. The Morgan fingerprint density at radius 3 is 1.97 bits per heavy atom. The molecule has 1 aliphatic rings. The van der Waals surface area contributed by atoms with Crippen molar-refractivity contribution in [1.82, 2.24) is 0 Å². The van der Waals surface area contributed by atoms with Crippen LogP contribution in [0.25, 0.3) is 11.1 Å². The van der Waals surface area contributed by atoms with Crippen LogP contribution in [-0.2, 0) is 12.8 Å². The summed E-state index contributed by atoms with van der Waals surface area (Å²) in [4.78, 5) is 0. The van der Waals surface area contributed by atoms with Crippen molar-refractivity contribution in [2.24, 2.45) is 0 Å². The Bertz CT molecular complexity index is 1160. The van der Waals surface area contributed by atoms with Gasteiger partial charge in [-0.2, -0.15) is 0 Å². The summed E-state index contributed by atoms with van der Waals surface area (Å²) in [5, 5.41) is 10.6. The lowest BCUT2D eigenvalue weighted by Crippen LogP contribution is -2.17. The number of aliphatic hydroxyl groups excluding tert-OH is 1. The van der Waals surface area contributed by atoms with Gasteiger partial charge >= 0.3 is 0 Å². The summed E-state index contributed by atoms with van der Waals surface area (Å²) in [7, 11) is 0. The minimum absolute atomic E-state index is 0.362. The summed E-state index contributed by atoms with van der Waals surface area (Å²) >= 11 is 3.49. The Balaban J connectivity index is 1.27. The van der Waals surface area contributed by atoms with Gasteiger partial charge in [-0.05, 0) is 76.3 Å². The second-order valence-corrected chi connectivity index (χ2v) is 9.39. The summed E-state index contributed by atoms with van der Waals surface area (Å²) in [6.45, 7) is 0. The summed E-state index contributed by atoms with van der Waals surface area (Å²) in [6.07, 6.45) is 2.37. The summed E-state index contributed by atoms with van der Waals surface area (Å²) in [6, 6.07) is 34.5. The number of fused-ring (bicyclic) bond motifs is 1. The highest BCUT2D eigenvalue weighted by Gasteiger charge is 2.26. The van der Waals surface area contributed by atoms with E-state index in [-0.39, 0.29) is 6.10 Å². The van der Waals surface area contributed by atoms with E-state index in [0.717, 1.165) is 29.3 Å². The number of aliphatic hydroxyl groups is 1. The molecule has 1 aliphatic carbocycles. The number of hydrogen-bond acceptors (Lipinski definition) is 1. The first-order chi connectivity index (χ1) is 15.2. The van der Waals surface area contributed by atoms with Crippen LogP contribution in [0.5, 0.6) is 0 Å². The zero-order valence-corrected chi connectivity index (χ0v) is 18.9. The average molecular weight is 469 g/mol. The van der Waals surface area contributed by atoms with Crippen LogP contribution in [-0.4, -0.2) is 5.11 Å². The summed E-state index contributed by atoms with van der Waals surface area (Å²) in [5.74, 6) is 0.379. The van der Waals surface area contributed by atoms with Crippen molar-refractivity contribution in [2.45, 2.75) is 31.3 Å². The van der Waals surface area contributed by atoms with E-state index in [0.29, 0.717) is 5.92 Å². The third-order valence-electron chi connectivity index (χ3n) is 6.38. The van der Waals surface area contributed by atoms with Gasteiger partial charge in [0.2, 0.25) is 0 Å². The maximum Gasteiger partial charge on any atom is 0.0798 e. The molecule has 0 amide bonds. The highest BCUT2D eigenvalue weighted by molar-refractivity contribution is 9.10. The second-order valence-electron chi connectivity index (χ2n) is 8.47. The molecular weight excluding hydrogens is 444 g/mol. The van der Waals surface area contributed by atoms with E-state index in [1.54, 1.807) is 0 Å². The lowest BCUT2D eigenvalue weighted by molar-refractivity contribution is 0.147. The van der Waals surface area contributed by atoms with Gasteiger partial charge in [-0.1, -0.05) is 101 Å². The first kappa shape index (κ1) is 20.2. The molecule has 2 atom stereocenters. The van der Waals surface area contributed by atoms with Gasteiger partial charge in [0.05, 0.1) is 6.10 Å². The van der Waals surface area contributed by atoms with Crippen molar-refractivity contribution in [3.63, 3.8) is 0 Å². The molecule has 0 saturated heterocycles. The standard InChI is InChI=1S/C29H25BrO/c30-27-15-13-23(14-16-27)22-9-5-20(6-10-22)17-21-7-11-24(12-8-21)26-18-25-3-1-2-4-28(25)29(31)19-26/h1-16,26,29,31H,17-19H2. The van der Waals surface area contributed by atoms with Crippen LogP contribution >= 0.6 is 15.9 Å². The Hall–Kier alpha value is -2.68. The molecule has 0 fully saturated rings. The third kappa shape index (κ3) is 4.51. The third-order valence-corrected chi connectivity index (χ3v) is 6.91. The van der Waals surface area contributed by atoms with Crippen LogP contribution in [0, 0.1) is 0 Å². The van der Waals surface area contributed by atoms with Crippen LogP contribution in [0.15, 0.2) is 102 Å². The maximum absolute atomic E-state index is 10.6. The SMILES string of the molecule is OC1CC(c2ccc(Cc3ccc(-c4ccc(Br)cc4)cc3)cc2)Cc2ccccc21. The summed E-state index contributed by atoms with van der Waals surface area (Å²) < 4.78 is 1.10. The highest BCUT2D eigenvalue weighted by Crippen LogP contribution is 2.38. The molecule has 1 N–H and O–H groups in total. The van der Waals surface area contributed by atoms with Crippen molar-refractivity contribution in [3.05, 3.63) is 129 Å². The van der Waals surface area contributed by atoms with E-state index in [1.807, 2.05) is 6.07 Å². The zero-order chi connectivity index (χ0) is 21.2. The molecule has 0 aliphatic heterocycles. The molecule has 154 valence electrons. The molecule has 0 bridgehead atoms. The first-order valence-corrected chi connectivity index (χ1v) is 11.6. The molecule has 31 heavy (non-hydrogen) atoms. The fourth-order valence-corrected chi connectivity index (χ4v) is 4.91. The Kier molecular flexibility index (Phi) is 5.76. The molecule has 0 spiro atoms. The van der Waals surface area contributed by atoms with Gasteiger partial charge in [-0.25, -0.2) is 0 Å². The lowest BCUT2D eigenvalue weighted by Gasteiger charge is -2.29. The predicted molar refractivity (Wildman–Crippen MR) is 131 cm³/mol. The molecule has 4 aromatic carbocycles. The zero-order valence-electron chi connectivity index (χ0n) is 17.3. The molecule has 0 saturated carbocycles. The van der Waals surface area contributed by atoms with Gasteiger partial charge in [0.1, 0.15) is 0 Å². The summed E-state index contributed by atoms with van der Waals surface area (Å²) in [5.41, 5.74) is 8.80. The number of rotatable bonds is 4. The van der Waals surface area contributed by atoms with Crippen molar-refractivity contribution >= 4 is 15.9 Å². The van der Waals surface area contributed by atoms with Gasteiger partial charge in [-0.3, -0.25) is 0 Å². The van der Waals surface area contributed by atoms with Gasteiger partial charge in [0, 0.05) is 4.47 Å². The molecule has 4 aromatic rings. The molecule has 1 nitrogen and oxygen atoms in total. The van der Waals surface area contributed by atoms with Crippen molar-refractivity contribution in [2.75, 3.05) is 0 Å². The fraction of sp³-hybridized carbons (Fsp3) is 0.172. The van der Waals surface area contributed by atoms with E-state index >= 15 is 0 Å². The number of hydrogen-bond donors (Lipinski definition) is 1. The van der Waals surface area contributed by atoms with Crippen LogP contribution in [0.3, 0.4) is 0 Å². The number of benzene rings is 4. The van der Waals surface area contributed by atoms with E-state index < -0.39 is 0 Å². The molecule has 0 aromatic heterocycles. The van der Waals surface area contributed by atoms with Crippen LogP contribution in [0.1, 0.15) is 46.3 Å². The molecular formula is C29H25BrO. The maximum atomic E-state index is 10.6. The Labute approximate surface area is 192 Å². The first-order valence-electron chi connectivity index (χ1n) is 10.9. The smallest absolute Gasteiger partial charge is 0.0798 e. The van der Waals surface area contributed by atoms with Crippen LogP contribution < -0.4 is 0 Å². The van der Waals surface area contributed by atoms with Gasteiger partial charge in [0.25, 0.3) is 0 Å². The lowest BCUT2D eigenvalue weighted by atomic mass is 9.78. The van der Waals surface area contributed by atoms with Crippen molar-refractivity contribution in [1.29, 1.82) is 0 Å². The van der Waals surface area contributed by atoms with E-state index in [2.05, 4.69) is 107 Å². The average Bonchev–Trinajstić information content (AvgIpc) is 2.81. The normalized spacial score (nSPS) is 17.9. The van der Waals surface area contributed by atoms with Crippen molar-refractivity contribution < 1.29 is 5.11 Å². The van der Waals surface area contributed by atoms with E-state index in [1.165, 1.54) is 33.4 Å². The van der Waals surface area contributed by atoms with E-state index in [9.17, 15) is 5.11 Å². The molecule has 5 rings (SSSR count). The Morgan fingerprint density at radius 1 is 0.710 bits per heavy atom. The highest BCUT2D eigenvalue weighted by atomic mass is 79.9. The minimum atomic E-state index is -0.362. The molecule has 0 heterocycles. The van der Waals surface area contributed by atoms with Gasteiger partial charge in [0.15, 0.2) is 0 Å². The van der Waals surface area contributed by atoms with Gasteiger partial charge in [-0.15, -0.1) is 0 Å². The predicted octanol–water partition coefficient (Wildman–Crippen LogP) is 7.47. The van der Waals surface area contributed by atoms with Crippen LogP contribution in [0.2, 0.25) is 0 Å². The fourth-order valence-electron chi connectivity index (χ4n) is 4.65. The Morgan fingerprint density at radius 2 is 1.29 bits per heavy atom. The number of halogens is 1.